The number of hydrogen-bond acceptors (Lipinski definition) is 5. The molecule has 2 heterocycles. The Kier molecular flexibility index (Phi) is 4.48. The first-order valence-electron chi connectivity index (χ1n) is 8.79. The Balaban J connectivity index is 1.70. The van der Waals surface area contributed by atoms with Crippen LogP contribution in [-0.4, -0.2) is 36.3 Å². The van der Waals surface area contributed by atoms with Gasteiger partial charge in [-0.2, -0.15) is 4.98 Å². The Morgan fingerprint density at radius 1 is 1.00 bits per heavy atom. The summed E-state index contributed by atoms with van der Waals surface area (Å²) < 4.78 is 5.48. The van der Waals surface area contributed by atoms with Gasteiger partial charge in [-0.1, -0.05) is 31.2 Å². The molecule has 3 aromatic rings. The zero-order valence-electron chi connectivity index (χ0n) is 14.4. The number of benzene rings is 2. The number of aromatic nitrogens is 2. The molecule has 2 aromatic carbocycles. The summed E-state index contributed by atoms with van der Waals surface area (Å²) >= 11 is 0. The van der Waals surface area contributed by atoms with Crippen molar-refractivity contribution in [2.75, 3.05) is 36.5 Å². The standard InChI is InChI=1S/C20H22N4O/c1-2-15-7-9-16(10-8-15)21-20-22-18-6-4-3-5-17(18)19(23-20)24-11-13-25-14-12-24/h3-10H,2,11-14H2,1H3,(H,21,22,23). The third-order valence-corrected chi connectivity index (χ3v) is 4.51. The number of aryl methyl sites for hydroxylation is 1. The maximum atomic E-state index is 5.48. The van der Waals surface area contributed by atoms with Gasteiger partial charge < -0.3 is 15.0 Å². The second kappa shape index (κ2) is 7.07. The molecule has 1 N–H and O–H groups in total. The molecule has 0 aliphatic carbocycles. The molecule has 4 rings (SSSR count). The molecule has 1 aliphatic rings. The maximum absolute atomic E-state index is 5.48. The van der Waals surface area contributed by atoms with Crippen LogP contribution < -0.4 is 10.2 Å². The van der Waals surface area contributed by atoms with Crippen LogP contribution in [0, 0.1) is 0 Å². The average Bonchev–Trinajstić information content (AvgIpc) is 2.68. The third kappa shape index (κ3) is 3.42. The zero-order chi connectivity index (χ0) is 17.1. The first-order chi connectivity index (χ1) is 12.3. The first kappa shape index (κ1) is 15.8. The summed E-state index contributed by atoms with van der Waals surface area (Å²) in [7, 11) is 0. The molecule has 5 nitrogen and oxygen atoms in total. The summed E-state index contributed by atoms with van der Waals surface area (Å²) in [6, 6.07) is 16.6. The van der Waals surface area contributed by atoms with Gasteiger partial charge in [-0.3, -0.25) is 0 Å². The molecule has 0 bridgehead atoms. The molecule has 25 heavy (non-hydrogen) atoms. The lowest BCUT2D eigenvalue weighted by Crippen LogP contribution is -2.37. The Morgan fingerprint density at radius 2 is 1.76 bits per heavy atom. The van der Waals surface area contributed by atoms with Crippen molar-refractivity contribution >= 4 is 28.4 Å². The average molecular weight is 334 g/mol. The van der Waals surface area contributed by atoms with Crippen LogP contribution in [-0.2, 0) is 11.2 Å². The van der Waals surface area contributed by atoms with Crippen LogP contribution in [0.4, 0.5) is 17.5 Å². The summed E-state index contributed by atoms with van der Waals surface area (Å²) in [5, 5.41) is 4.43. The Bertz CT molecular complexity index is 857. The fraction of sp³-hybridized carbons (Fsp3) is 0.300. The molecule has 0 atom stereocenters. The molecule has 0 saturated carbocycles. The molecule has 5 heteroatoms. The number of nitrogens with one attached hydrogen (secondary N) is 1. The molecule has 128 valence electrons. The molecule has 1 fully saturated rings. The quantitative estimate of drug-likeness (QED) is 0.787. The zero-order valence-corrected chi connectivity index (χ0v) is 14.4. The Morgan fingerprint density at radius 3 is 2.52 bits per heavy atom. The van der Waals surface area contributed by atoms with E-state index in [1.54, 1.807) is 0 Å². The minimum absolute atomic E-state index is 0.629. The van der Waals surface area contributed by atoms with Crippen molar-refractivity contribution in [3.63, 3.8) is 0 Å². The number of hydrogen-bond donors (Lipinski definition) is 1. The summed E-state index contributed by atoms with van der Waals surface area (Å²) in [5.41, 5.74) is 3.27. The van der Waals surface area contributed by atoms with E-state index in [4.69, 9.17) is 9.72 Å². The highest BCUT2D eigenvalue weighted by atomic mass is 16.5. The normalized spacial score (nSPS) is 14.7. The van der Waals surface area contributed by atoms with Gasteiger partial charge in [0, 0.05) is 24.2 Å². The number of fused-ring (bicyclic) bond motifs is 1. The number of rotatable bonds is 4. The smallest absolute Gasteiger partial charge is 0.229 e. The van der Waals surface area contributed by atoms with E-state index in [0.717, 1.165) is 55.1 Å². The molecule has 0 unspecified atom stereocenters. The van der Waals surface area contributed by atoms with Crippen molar-refractivity contribution in [3.8, 4) is 0 Å². The minimum Gasteiger partial charge on any atom is -0.378 e. The lowest BCUT2D eigenvalue weighted by Gasteiger charge is -2.29. The van der Waals surface area contributed by atoms with Gasteiger partial charge in [0.05, 0.1) is 18.7 Å². The van der Waals surface area contributed by atoms with Gasteiger partial charge in [-0.15, -0.1) is 0 Å². The molecular formula is C20H22N4O. The highest BCUT2D eigenvalue weighted by molar-refractivity contribution is 5.90. The molecule has 0 spiro atoms. The second-order valence-corrected chi connectivity index (χ2v) is 6.16. The number of morpholine rings is 1. The number of ether oxygens (including phenoxy) is 1. The lowest BCUT2D eigenvalue weighted by molar-refractivity contribution is 0.122. The summed E-state index contributed by atoms with van der Waals surface area (Å²) in [5.74, 6) is 1.60. The van der Waals surface area contributed by atoms with E-state index in [-0.39, 0.29) is 0 Å². The molecule has 1 aromatic heterocycles. The minimum atomic E-state index is 0.629. The van der Waals surface area contributed by atoms with Crippen LogP contribution in [0.2, 0.25) is 0 Å². The van der Waals surface area contributed by atoms with Crippen LogP contribution in [0.1, 0.15) is 12.5 Å². The van der Waals surface area contributed by atoms with Crippen molar-refractivity contribution in [2.24, 2.45) is 0 Å². The van der Waals surface area contributed by atoms with Crippen LogP contribution in [0.5, 0.6) is 0 Å². The van der Waals surface area contributed by atoms with Gasteiger partial charge in [-0.25, -0.2) is 4.98 Å². The lowest BCUT2D eigenvalue weighted by atomic mass is 10.1. The summed E-state index contributed by atoms with van der Waals surface area (Å²) in [6.07, 6.45) is 1.04. The highest BCUT2D eigenvalue weighted by Gasteiger charge is 2.17. The van der Waals surface area contributed by atoms with Crippen LogP contribution >= 0.6 is 0 Å². The van der Waals surface area contributed by atoms with Gasteiger partial charge in [0.25, 0.3) is 0 Å². The van der Waals surface area contributed by atoms with E-state index in [1.165, 1.54) is 5.56 Å². The second-order valence-electron chi connectivity index (χ2n) is 6.16. The molecule has 0 radical (unpaired) electrons. The van der Waals surface area contributed by atoms with E-state index < -0.39 is 0 Å². The molecule has 0 amide bonds. The van der Waals surface area contributed by atoms with Gasteiger partial charge in [0.15, 0.2) is 0 Å². The van der Waals surface area contributed by atoms with E-state index in [9.17, 15) is 0 Å². The Hall–Kier alpha value is -2.66. The van der Waals surface area contributed by atoms with E-state index >= 15 is 0 Å². The van der Waals surface area contributed by atoms with E-state index in [2.05, 4.69) is 52.5 Å². The van der Waals surface area contributed by atoms with Crippen LogP contribution in [0.3, 0.4) is 0 Å². The van der Waals surface area contributed by atoms with Crippen molar-refractivity contribution in [2.45, 2.75) is 13.3 Å². The van der Waals surface area contributed by atoms with Crippen molar-refractivity contribution in [1.82, 2.24) is 9.97 Å². The predicted molar refractivity (Wildman–Crippen MR) is 102 cm³/mol. The molecule has 1 aliphatic heterocycles. The Labute approximate surface area is 147 Å². The highest BCUT2D eigenvalue weighted by Crippen LogP contribution is 2.27. The van der Waals surface area contributed by atoms with Gasteiger partial charge in [0.2, 0.25) is 5.95 Å². The van der Waals surface area contributed by atoms with Gasteiger partial charge in [0.1, 0.15) is 5.82 Å². The van der Waals surface area contributed by atoms with Crippen molar-refractivity contribution < 1.29 is 4.74 Å². The van der Waals surface area contributed by atoms with Crippen molar-refractivity contribution in [1.29, 1.82) is 0 Å². The number of para-hydroxylation sites is 1. The first-order valence-corrected chi connectivity index (χ1v) is 8.79. The van der Waals surface area contributed by atoms with Crippen molar-refractivity contribution in [3.05, 3.63) is 54.1 Å². The molecular weight excluding hydrogens is 312 g/mol. The predicted octanol–water partition coefficient (Wildman–Crippen LogP) is 3.77. The summed E-state index contributed by atoms with van der Waals surface area (Å²) in [6.45, 7) is 5.33. The van der Waals surface area contributed by atoms with Gasteiger partial charge >= 0.3 is 0 Å². The SMILES string of the molecule is CCc1ccc(Nc2nc(N3CCOCC3)c3ccccc3n2)cc1. The van der Waals surface area contributed by atoms with E-state index in [0.29, 0.717) is 5.95 Å². The largest absolute Gasteiger partial charge is 0.378 e. The topological polar surface area (TPSA) is 50.3 Å². The van der Waals surface area contributed by atoms with Crippen LogP contribution in [0.15, 0.2) is 48.5 Å². The fourth-order valence-corrected chi connectivity index (χ4v) is 3.08. The van der Waals surface area contributed by atoms with E-state index in [1.807, 2.05) is 18.2 Å². The monoisotopic (exact) mass is 334 g/mol. The number of anilines is 3. The third-order valence-electron chi connectivity index (χ3n) is 4.51. The summed E-state index contributed by atoms with van der Waals surface area (Å²) in [4.78, 5) is 11.8. The fourth-order valence-electron chi connectivity index (χ4n) is 3.08. The van der Waals surface area contributed by atoms with Crippen LogP contribution in [0.25, 0.3) is 10.9 Å². The van der Waals surface area contributed by atoms with Gasteiger partial charge in [-0.05, 0) is 36.2 Å². The molecule has 1 saturated heterocycles. The number of nitrogens with zero attached hydrogens (tertiary/aromatic N) is 3. The maximum Gasteiger partial charge on any atom is 0.229 e.